The summed E-state index contributed by atoms with van der Waals surface area (Å²) < 4.78 is 21.3. The van der Waals surface area contributed by atoms with E-state index in [9.17, 15) is 9.59 Å². The van der Waals surface area contributed by atoms with Crippen molar-refractivity contribution in [3.63, 3.8) is 0 Å². The van der Waals surface area contributed by atoms with Gasteiger partial charge in [0.25, 0.3) is 0 Å². The Hall–Kier alpha value is -3.94. The monoisotopic (exact) mass is 436 g/mol. The average molecular weight is 436 g/mol. The highest BCUT2D eigenvalue weighted by Crippen LogP contribution is 2.36. The number of para-hydroxylation sites is 2. The number of hydrogen-bond acceptors (Lipinski definition) is 8. The number of carbonyl (C=O) groups excluding carboxylic acids is 2. The highest BCUT2D eigenvalue weighted by Gasteiger charge is 2.28. The van der Waals surface area contributed by atoms with Crippen LogP contribution in [0.1, 0.15) is 34.8 Å². The summed E-state index contributed by atoms with van der Waals surface area (Å²) in [6.45, 7) is 3.69. The van der Waals surface area contributed by atoms with E-state index in [1.807, 2.05) is 0 Å². The zero-order valence-corrected chi connectivity index (χ0v) is 18.4. The number of hydrogen-bond donors (Lipinski definition) is 0. The summed E-state index contributed by atoms with van der Waals surface area (Å²) in [5.41, 5.74) is 1.19. The lowest BCUT2D eigenvalue weighted by Crippen LogP contribution is -2.17. The second-order valence-corrected chi connectivity index (χ2v) is 6.46. The second kappa shape index (κ2) is 10.4. The molecular formula is C24H24N2O6. The van der Waals surface area contributed by atoms with Gasteiger partial charge in [-0.2, -0.15) is 0 Å². The molecule has 3 aromatic rings. The van der Waals surface area contributed by atoms with E-state index in [0.29, 0.717) is 22.6 Å². The Kier molecular flexibility index (Phi) is 7.38. The summed E-state index contributed by atoms with van der Waals surface area (Å²) in [4.78, 5) is 34.8. The minimum absolute atomic E-state index is 0.0506. The average Bonchev–Trinajstić information content (AvgIpc) is 2.83. The van der Waals surface area contributed by atoms with Crippen LogP contribution < -0.4 is 9.47 Å². The molecule has 1 aromatic heterocycles. The molecular weight excluding hydrogens is 412 g/mol. The third-order valence-electron chi connectivity index (χ3n) is 4.56. The van der Waals surface area contributed by atoms with Crippen LogP contribution in [0.4, 0.5) is 0 Å². The molecule has 0 bridgehead atoms. The van der Waals surface area contributed by atoms with Gasteiger partial charge < -0.3 is 18.9 Å². The van der Waals surface area contributed by atoms with Gasteiger partial charge >= 0.3 is 11.9 Å². The zero-order chi connectivity index (χ0) is 23.1. The van der Waals surface area contributed by atoms with Crippen molar-refractivity contribution in [3.8, 4) is 34.0 Å². The van der Waals surface area contributed by atoms with Crippen LogP contribution >= 0.6 is 0 Å². The zero-order valence-electron chi connectivity index (χ0n) is 18.4. The number of esters is 2. The van der Waals surface area contributed by atoms with E-state index >= 15 is 0 Å². The SMILES string of the molecule is CCOC(=O)c1nc(-c2ccccc2OC)c(C(=O)OCC)nc1-c1ccccc1OC. The first kappa shape index (κ1) is 22.7. The molecule has 3 rings (SSSR count). The van der Waals surface area contributed by atoms with E-state index in [2.05, 4.69) is 9.97 Å². The quantitative estimate of drug-likeness (QED) is 0.485. The van der Waals surface area contributed by atoms with E-state index < -0.39 is 11.9 Å². The summed E-state index contributed by atoms with van der Waals surface area (Å²) in [7, 11) is 3.01. The Labute approximate surface area is 186 Å². The van der Waals surface area contributed by atoms with Crippen LogP contribution in [0.2, 0.25) is 0 Å². The summed E-state index contributed by atoms with van der Waals surface area (Å²) in [6.07, 6.45) is 0. The van der Waals surface area contributed by atoms with Gasteiger partial charge in [0, 0.05) is 11.1 Å². The molecule has 0 atom stereocenters. The summed E-state index contributed by atoms with van der Waals surface area (Å²) in [5.74, 6) is -0.417. The van der Waals surface area contributed by atoms with Crippen LogP contribution in [0.25, 0.3) is 22.5 Å². The number of carbonyl (C=O) groups is 2. The van der Waals surface area contributed by atoms with E-state index in [1.54, 1.807) is 62.4 Å². The Morgan fingerprint density at radius 1 is 0.688 bits per heavy atom. The van der Waals surface area contributed by atoms with Gasteiger partial charge in [0.2, 0.25) is 0 Å². The molecule has 0 aliphatic rings. The molecule has 0 radical (unpaired) electrons. The van der Waals surface area contributed by atoms with E-state index in [1.165, 1.54) is 14.2 Å². The molecule has 166 valence electrons. The Morgan fingerprint density at radius 3 is 1.41 bits per heavy atom. The van der Waals surface area contributed by atoms with Gasteiger partial charge in [-0.3, -0.25) is 0 Å². The van der Waals surface area contributed by atoms with Gasteiger partial charge in [0.15, 0.2) is 11.4 Å². The lowest BCUT2D eigenvalue weighted by molar-refractivity contribution is 0.0502. The van der Waals surface area contributed by atoms with E-state index in [4.69, 9.17) is 18.9 Å². The number of nitrogens with zero attached hydrogens (tertiary/aromatic N) is 2. The van der Waals surface area contributed by atoms with Crippen molar-refractivity contribution < 1.29 is 28.5 Å². The van der Waals surface area contributed by atoms with E-state index in [0.717, 1.165) is 0 Å². The minimum atomic E-state index is -0.674. The molecule has 0 aliphatic carbocycles. The van der Waals surface area contributed by atoms with Crippen LogP contribution in [-0.4, -0.2) is 49.3 Å². The highest BCUT2D eigenvalue weighted by atomic mass is 16.5. The van der Waals surface area contributed by atoms with Crippen LogP contribution in [-0.2, 0) is 9.47 Å². The van der Waals surface area contributed by atoms with Crippen molar-refractivity contribution in [2.45, 2.75) is 13.8 Å². The third kappa shape index (κ3) is 4.54. The highest BCUT2D eigenvalue weighted by molar-refractivity contribution is 6.00. The number of benzene rings is 2. The Balaban J connectivity index is 2.38. The van der Waals surface area contributed by atoms with Gasteiger partial charge in [0.05, 0.1) is 27.4 Å². The van der Waals surface area contributed by atoms with Gasteiger partial charge in [0.1, 0.15) is 22.9 Å². The van der Waals surface area contributed by atoms with Gasteiger partial charge in [-0.05, 0) is 38.1 Å². The molecule has 0 aliphatic heterocycles. The lowest BCUT2D eigenvalue weighted by Gasteiger charge is -2.16. The lowest BCUT2D eigenvalue weighted by atomic mass is 10.0. The number of ether oxygens (including phenoxy) is 4. The topological polar surface area (TPSA) is 96.8 Å². The summed E-state index contributed by atoms with van der Waals surface area (Å²) >= 11 is 0. The fraction of sp³-hybridized carbons (Fsp3) is 0.250. The molecule has 0 saturated carbocycles. The molecule has 32 heavy (non-hydrogen) atoms. The smallest absolute Gasteiger partial charge is 0.359 e. The maximum atomic E-state index is 12.9. The fourth-order valence-corrected chi connectivity index (χ4v) is 3.18. The normalized spacial score (nSPS) is 10.4. The van der Waals surface area contributed by atoms with Gasteiger partial charge in [-0.15, -0.1) is 0 Å². The van der Waals surface area contributed by atoms with Gasteiger partial charge in [-0.25, -0.2) is 19.6 Å². The van der Waals surface area contributed by atoms with Crippen molar-refractivity contribution in [2.24, 2.45) is 0 Å². The first-order chi connectivity index (χ1) is 15.5. The van der Waals surface area contributed by atoms with Crippen molar-refractivity contribution >= 4 is 11.9 Å². The van der Waals surface area contributed by atoms with Gasteiger partial charge in [-0.1, -0.05) is 24.3 Å². The van der Waals surface area contributed by atoms with Crippen LogP contribution in [0.3, 0.4) is 0 Å². The molecule has 0 spiro atoms. The molecule has 0 N–H and O–H groups in total. The molecule has 0 fully saturated rings. The van der Waals surface area contributed by atoms with Crippen molar-refractivity contribution in [3.05, 3.63) is 59.9 Å². The Bertz CT molecular complexity index is 1040. The van der Waals surface area contributed by atoms with E-state index in [-0.39, 0.29) is 36.0 Å². The van der Waals surface area contributed by atoms with Crippen molar-refractivity contribution in [2.75, 3.05) is 27.4 Å². The number of aromatic nitrogens is 2. The molecule has 1 heterocycles. The molecule has 0 saturated heterocycles. The molecule has 8 nitrogen and oxygen atoms in total. The standard InChI is InChI=1S/C24H24N2O6/c1-5-31-23(27)21-19(15-11-7-9-13-17(15)29-3)26-22(24(28)32-6-2)20(25-21)16-12-8-10-14-18(16)30-4/h7-14H,5-6H2,1-4H3. The number of methoxy groups -OCH3 is 2. The molecule has 8 heteroatoms. The summed E-state index contributed by atoms with van der Waals surface area (Å²) in [6, 6.07) is 14.0. The maximum absolute atomic E-state index is 12.9. The minimum Gasteiger partial charge on any atom is -0.496 e. The van der Waals surface area contributed by atoms with Crippen molar-refractivity contribution in [1.82, 2.24) is 9.97 Å². The molecule has 0 amide bonds. The predicted octanol–water partition coefficient (Wildman–Crippen LogP) is 4.18. The molecule has 2 aromatic carbocycles. The third-order valence-corrected chi connectivity index (χ3v) is 4.56. The number of rotatable bonds is 8. The van der Waals surface area contributed by atoms with Crippen LogP contribution in [0, 0.1) is 0 Å². The molecule has 0 unspecified atom stereocenters. The second-order valence-electron chi connectivity index (χ2n) is 6.46. The fourth-order valence-electron chi connectivity index (χ4n) is 3.18. The van der Waals surface area contributed by atoms with Crippen LogP contribution in [0.5, 0.6) is 11.5 Å². The Morgan fingerprint density at radius 2 is 1.06 bits per heavy atom. The first-order valence-corrected chi connectivity index (χ1v) is 10.1. The van der Waals surface area contributed by atoms with Crippen LogP contribution in [0.15, 0.2) is 48.5 Å². The largest absolute Gasteiger partial charge is 0.496 e. The maximum Gasteiger partial charge on any atom is 0.359 e. The first-order valence-electron chi connectivity index (χ1n) is 10.1. The predicted molar refractivity (Wildman–Crippen MR) is 118 cm³/mol. The van der Waals surface area contributed by atoms with Crippen molar-refractivity contribution in [1.29, 1.82) is 0 Å². The summed E-state index contributed by atoms with van der Waals surface area (Å²) in [5, 5.41) is 0.